The van der Waals surface area contributed by atoms with Crippen molar-refractivity contribution >= 4 is 11.6 Å². The molecule has 1 saturated heterocycles. The van der Waals surface area contributed by atoms with Crippen LogP contribution in [0.25, 0.3) is 0 Å². The smallest absolute Gasteiger partial charge is 0.225 e. The fourth-order valence-electron chi connectivity index (χ4n) is 2.87. The molecule has 4 nitrogen and oxygen atoms in total. The lowest BCUT2D eigenvalue weighted by atomic mass is 9.93. The van der Waals surface area contributed by atoms with Gasteiger partial charge in [-0.15, -0.1) is 0 Å². The highest BCUT2D eigenvalue weighted by atomic mass is 19.1. The van der Waals surface area contributed by atoms with Crippen molar-refractivity contribution in [2.45, 2.75) is 33.6 Å². The minimum absolute atomic E-state index is 0.0280. The molecule has 0 radical (unpaired) electrons. The molecule has 2 rings (SSSR count). The van der Waals surface area contributed by atoms with Gasteiger partial charge < -0.3 is 10.2 Å². The molecule has 24 heavy (non-hydrogen) atoms. The molecule has 0 bridgehead atoms. The van der Waals surface area contributed by atoms with Crippen LogP contribution in [0.2, 0.25) is 0 Å². The van der Waals surface area contributed by atoms with Gasteiger partial charge in [-0.1, -0.05) is 20.8 Å². The van der Waals surface area contributed by atoms with E-state index in [4.69, 9.17) is 5.26 Å². The van der Waals surface area contributed by atoms with Crippen molar-refractivity contribution in [3.8, 4) is 6.07 Å². The van der Waals surface area contributed by atoms with Crippen molar-refractivity contribution in [3.63, 3.8) is 0 Å². The normalized spacial score (nSPS) is 18.2. The van der Waals surface area contributed by atoms with E-state index in [-0.39, 0.29) is 23.1 Å². The van der Waals surface area contributed by atoms with Crippen LogP contribution in [0.1, 0.15) is 39.2 Å². The highest BCUT2D eigenvalue weighted by Crippen LogP contribution is 2.29. The number of amides is 1. The zero-order chi connectivity index (χ0) is 17.9. The molecule has 0 saturated carbocycles. The summed E-state index contributed by atoms with van der Waals surface area (Å²) in [5, 5.41) is 11.7. The van der Waals surface area contributed by atoms with Gasteiger partial charge in [-0.05, 0) is 30.9 Å². The first-order valence-electron chi connectivity index (χ1n) is 8.14. The minimum Gasteiger partial charge on any atom is -0.366 e. The Labute approximate surface area is 141 Å². The van der Waals surface area contributed by atoms with Crippen LogP contribution in [-0.4, -0.2) is 25.5 Å². The third-order valence-corrected chi connectivity index (χ3v) is 4.21. The van der Waals surface area contributed by atoms with Crippen LogP contribution in [0.3, 0.4) is 0 Å². The van der Waals surface area contributed by atoms with Crippen LogP contribution in [0.5, 0.6) is 0 Å². The predicted molar refractivity (Wildman–Crippen MR) is 88.5 cm³/mol. The van der Waals surface area contributed by atoms with E-state index in [1.807, 2.05) is 20.8 Å². The SMILES string of the molecule is CC(C)(C)C(=O)NCC1CCCN(c2c(F)cc(C#N)cc2F)C1. The first-order valence-corrected chi connectivity index (χ1v) is 8.14. The number of halogens is 2. The molecule has 1 aromatic rings. The Bertz CT molecular complexity index is 638. The molecule has 1 aromatic carbocycles. The Kier molecular flexibility index (Phi) is 5.43. The summed E-state index contributed by atoms with van der Waals surface area (Å²) in [6.45, 7) is 7.06. The molecule has 6 heteroatoms. The molecule has 1 aliphatic rings. The van der Waals surface area contributed by atoms with Crippen LogP contribution >= 0.6 is 0 Å². The topological polar surface area (TPSA) is 56.1 Å². The molecule has 130 valence electrons. The summed E-state index contributed by atoms with van der Waals surface area (Å²) < 4.78 is 28.4. The van der Waals surface area contributed by atoms with Gasteiger partial charge in [0.15, 0.2) is 11.6 Å². The molecule has 0 aliphatic carbocycles. The molecule has 1 fully saturated rings. The highest BCUT2D eigenvalue weighted by molar-refractivity contribution is 5.81. The lowest BCUT2D eigenvalue weighted by Gasteiger charge is -2.35. The summed E-state index contributed by atoms with van der Waals surface area (Å²) in [6.07, 6.45) is 1.70. The lowest BCUT2D eigenvalue weighted by Crippen LogP contribution is -2.44. The second kappa shape index (κ2) is 7.16. The zero-order valence-corrected chi connectivity index (χ0v) is 14.3. The summed E-state index contributed by atoms with van der Waals surface area (Å²) in [5.74, 6) is -1.33. The highest BCUT2D eigenvalue weighted by Gasteiger charge is 2.27. The van der Waals surface area contributed by atoms with Gasteiger partial charge in [-0.25, -0.2) is 8.78 Å². The summed E-state index contributed by atoms with van der Waals surface area (Å²) >= 11 is 0. The van der Waals surface area contributed by atoms with Crippen molar-refractivity contribution in [1.29, 1.82) is 5.26 Å². The van der Waals surface area contributed by atoms with E-state index in [0.717, 1.165) is 25.0 Å². The Hall–Kier alpha value is -2.16. The summed E-state index contributed by atoms with van der Waals surface area (Å²) in [6, 6.07) is 3.87. The van der Waals surface area contributed by atoms with Crippen LogP contribution in [0.15, 0.2) is 12.1 Å². The quantitative estimate of drug-likeness (QED) is 0.923. The molecule has 1 heterocycles. The van der Waals surface area contributed by atoms with Gasteiger partial charge in [-0.2, -0.15) is 5.26 Å². The van der Waals surface area contributed by atoms with E-state index in [2.05, 4.69) is 5.32 Å². The third-order valence-electron chi connectivity index (χ3n) is 4.21. The third kappa shape index (κ3) is 4.22. The van der Waals surface area contributed by atoms with Gasteiger partial charge in [0, 0.05) is 25.0 Å². The van der Waals surface area contributed by atoms with Gasteiger partial charge >= 0.3 is 0 Å². The number of benzene rings is 1. The van der Waals surface area contributed by atoms with Crippen molar-refractivity contribution in [1.82, 2.24) is 5.32 Å². The van der Waals surface area contributed by atoms with Gasteiger partial charge in [0.2, 0.25) is 5.91 Å². The summed E-state index contributed by atoms with van der Waals surface area (Å²) in [4.78, 5) is 13.6. The number of rotatable bonds is 3. The average Bonchev–Trinajstić information content (AvgIpc) is 2.51. The van der Waals surface area contributed by atoms with Crippen LogP contribution in [0, 0.1) is 34.3 Å². The number of carbonyl (C=O) groups excluding carboxylic acids is 1. The number of nitrogens with zero attached hydrogens (tertiary/aromatic N) is 2. The van der Waals surface area contributed by atoms with Crippen molar-refractivity contribution in [2.75, 3.05) is 24.5 Å². The maximum absolute atomic E-state index is 14.2. The molecule has 1 atom stereocenters. The van der Waals surface area contributed by atoms with Crippen LogP contribution in [0.4, 0.5) is 14.5 Å². The summed E-state index contributed by atoms with van der Waals surface area (Å²) in [5.41, 5.74) is -0.569. The van der Waals surface area contributed by atoms with Crippen molar-refractivity contribution in [3.05, 3.63) is 29.3 Å². The molecule has 0 spiro atoms. The minimum atomic E-state index is -0.717. The van der Waals surface area contributed by atoms with E-state index in [1.165, 1.54) is 0 Å². The number of hydrogen-bond donors (Lipinski definition) is 1. The van der Waals surface area contributed by atoms with Crippen LogP contribution < -0.4 is 10.2 Å². The molecule has 1 N–H and O–H groups in total. The van der Waals surface area contributed by atoms with E-state index in [0.29, 0.717) is 19.6 Å². The molecule has 1 unspecified atom stereocenters. The van der Waals surface area contributed by atoms with Gasteiger partial charge in [0.25, 0.3) is 0 Å². The molecule has 1 amide bonds. The Morgan fingerprint density at radius 1 is 1.38 bits per heavy atom. The number of piperidine rings is 1. The van der Waals surface area contributed by atoms with E-state index >= 15 is 0 Å². The van der Waals surface area contributed by atoms with Gasteiger partial charge in [-0.3, -0.25) is 4.79 Å². The Balaban J connectivity index is 2.06. The molecular formula is C18H23F2N3O. The predicted octanol–water partition coefficient (Wildman–Crippen LogP) is 3.22. The molecule has 0 aromatic heterocycles. The number of nitriles is 1. The molecular weight excluding hydrogens is 312 g/mol. The average molecular weight is 335 g/mol. The molecule has 1 aliphatic heterocycles. The Morgan fingerprint density at radius 2 is 2.00 bits per heavy atom. The monoisotopic (exact) mass is 335 g/mol. The number of nitrogens with one attached hydrogen (secondary N) is 1. The fraction of sp³-hybridized carbons (Fsp3) is 0.556. The number of carbonyl (C=O) groups is 1. The van der Waals surface area contributed by atoms with Crippen LogP contribution in [-0.2, 0) is 4.79 Å². The zero-order valence-electron chi connectivity index (χ0n) is 14.3. The van der Waals surface area contributed by atoms with E-state index in [1.54, 1.807) is 11.0 Å². The maximum Gasteiger partial charge on any atom is 0.225 e. The van der Waals surface area contributed by atoms with Crippen molar-refractivity contribution in [2.24, 2.45) is 11.3 Å². The second-order valence-electron chi connectivity index (χ2n) is 7.31. The van der Waals surface area contributed by atoms with Crippen molar-refractivity contribution < 1.29 is 13.6 Å². The largest absolute Gasteiger partial charge is 0.366 e. The standard InChI is InChI=1S/C18H23F2N3O/c1-18(2,3)17(24)22-10-12-5-4-6-23(11-12)16-14(19)7-13(9-21)8-15(16)20/h7-8,12H,4-6,10-11H2,1-3H3,(H,22,24). The van der Waals surface area contributed by atoms with Gasteiger partial charge in [0.1, 0.15) is 5.69 Å². The first-order chi connectivity index (χ1) is 11.2. The van der Waals surface area contributed by atoms with Gasteiger partial charge in [0.05, 0.1) is 11.6 Å². The second-order valence-corrected chi connectivity index (χ2v) is 7.31. The Morgan fingerprint density at radius 3 is 2.54 bits per heavy atom. The lowest BCUT2D eigenvalue weighted by molar-refractivity contribution is -0.128. The maximum atomic E-state index is 14.2. The first kappa shape index (κ1) is 18.2. The number of anilines is 1. The van der Waals surface area contributed by atoms with E-state index in [9.17, 15) is 13.6 Å². The van der Waals surface area contributed by atoms with E-state index < -0.39 is 17.0 Å². The summed E-state index contributed by atoms with van der Waals surface area (Å²) in [7, 11) is 0. The fourth-order valence-corrected chi connectivity index (χ4v) is 2.87. The number of hydrogen-bond acceptors (Lipinski definition) is 3.